The lowest BCUT2D eigenvalue weighted by Crippen LogP contribution is -2.50. The molecule has 0 spiro atoms. The molecule has 1 aliphatic carbocycles. The highest BCUT2D eigenvalue weighted by atomic mass is 19.1. The second-order valence-corrected chi connectivity index (χ2v) is 11.0. The highest BCUT2D eigenvalue weighted by Crippen LogP contribution is 2.41. The third kappa shape index (κ3) is 5.02. The molecule has 2 aliphatic heterocycles. The molecule has 0 radical (unpaired) electrons. The van der Waals surface area contributed by atoms with Gasteiger partial charge >= 0.3 is 0 Å². The number of likely N-dealkylation sites (tertiary alicyclic amines) is 1. The smallest absolute Gasteiger partial charge is 0.223 e. The second kappa shape index (κ2) is 10.6. The number of carbonyl (C=O) groups excluding carboxylic acids is 1. The van der Waals surface area contributed by atoms with Gasteiger partial charge in [-0.1, -0.05) is 12.1 Å². The minimum Gasteiger partial charge on any atom is -0.496 e. The van der Waals surface area contributed by atoms with E-state index in [-0.39, 0.29) is 29.7 Å². The number of ether oxygens (including phenoxy) is 1. The number of nitrogens with one attached hydrogen (secondary N) is 3. The van der Waals surface area contributed by atoms with Crippen molar-refractivity contribution in [1.82, 2.24) is 26.1 Å². The monoisotopic (exact) mass is 521 g/mol. The van der Waals surface area contributed by atoms with Crippen LogP contribution in [-0.2, 0) is 11.3 Å². The van der Waals surface area contributed by atoms with Gasteiger partial charge in [-0.15, -0.1) is 0 Å². The molecule has 2 saturated heterocycles. The summed E-state index contributed by atoms with van der Waals surface area (Å²) in [6.45, 7) is 3.93. The fourth-order valence-corrected chi connectivity index (χ4v) is 6.62. The number of aromatic nitrogens is 1. The number of amides is 1. The lowest BCUT2D eigenvalue weighted by Gasteiger charge is -2.36. The minimum atomic E-state index is -0.251. The summed E-state index contributed by atoms with van der Waals surface area (Å²) < 4.78 is 25.5. The van der Waals surface area contributed by atoms with Crippen LogP contribution in [0.15, 0.2) is 40.8 Å². The molecule has 5 atom stereocenters. The minimum absolute atomic E-state index is 0.0134. The normalized spacial score (nSPS) is 27.8. The van der Waals surface area contributed by atoms with E-state index < -0.39 is 0 Å². The third-order valence-corrected chi connectivity index (χ3v) is 8.53. The van der Waals surface area contributed by atoms with Crippen molar-refractivity contribution >= 4 is 17.0 Å². The van der Waals surface area contributed by atoms with Gasteiger partial charge in [0, 0.05) is 43.6 Å². The summed E-state index contributed by atoms with van der Waals surface area (Å²) in [5.41, 5.74) is 10.4. The van der Waals surface area contributed by atoms with E-state index in [1.165, 1.54) is 11.6 Å². The van der Waals surface area contributed by atoms with Gasteiger partial charge in [0.25, 0.3) is 0 Å². The zero-order valence-corrected chi connectivity index (χ0v) is 22.0. The molecule has 3 aromatic rings. The Morgan fingerprint density at radius 1 is 1.24 bits per heavy atom. The quantitative estimate of drug-likeness (QED) is 0.452. The van der Waals surface area contributed by atoms with Gasteiger partial charge in [-0.05, 0) is 74.4 Å². The summed E-state index contributed by atoms with van der Waals surface area (Å²) in [5, 5.41) is 3.34. The summed E-state index contributed by atoms with van der Waals surface area (Å²) in [7, 11) is 1.57. The lowest BCUT2D eigenvalue weighted by atomic mass is 9.74. The molecule has 1 saturated carbocycles. The molecule has 202 valence electrons. The number of oxazole rings is 1. The number of methoxy groups -OCH3 is 1. The van der Waals surface area contributed by atoms with E-state index in [1.54, 1.807) is 19.2 Å². The number of rotatable bonds is 6. The van der Waals surface area contributed by atoms with E-state index in [9.17, 15) is 9.18 Å². The second-order valence-electron chi connectivity index (χ2n) is 11.0. The SMILES string of the molecule is COc1cccc(F)c1CN1CCC[C@@H](NC(=O)C2CCC3NNC(c4ccc5oc(C)nc5c4)C3C2)C1. The van der Waals surface area contributed by atoms with Crippen molar-refractivity contribution < 1.29 is 18.3 Å². The van der Waals surface area contributed by atoms with Gasteiger partial charge < -0.3 is 14.5 Å². The first kappa shape index (κ1) is 25.3. The van der Waals surface area contributed by atoms with E-state index in [0.717, 1.165) is 49.7 Å². The van der Waals surface area contributed by atoms with E-state index >= 15 is 0 Å². The first-order valence-electron chi connectivity index (χ1n) is 13.7. The van der Waals surface area contributed by atoms with Crippen LogP contribution in [0.4, 0.5) is 4.39 Å². The average Bonchev–Trinajstić information content (AvgIpc) is 3.51. The Hall–Kier alpha value is -3.01. The molecule has 0 bridgehead atoms. The maximum absolute atomic E-state index is 14.5. The number of carbonyl (C=O) groups is 1. The van der Waals surface area contributed by atoms with Gasteiger partial charge in [0.1, 0.15) is 17.1 Å². The van der Waals surface area contributed by atoms with Crippen LogP contribution in [0.3, 0.4) is 0 Å². The van der Waals surface area contributed by atoms with Crippen LogP contribution in [0.25, 0.3) is 11.1 Å². The van der Waals surface area contributed by atoms with Gasteiger partial charge in [-0.2, -0.15) is 0 Å². The first-order valence-corrected chi connectivity index (χ1v) is 13.7. The molecule has 3 fully saturated rings. The van der Waals surface area contributed by atoms with Crippen LogP contribution in [-0.4, -0.2) is 48.1 Å². The number of aryl methyl sites for hydroxylation is 1. The van der Waals surface area contributed by atoms with E-state index in [0.29, 0.717) is 42.3 Å². The lowest BCUT2D eigenvalue weighted by molar-refractivity contribution is -0.127. The Balaban J connectivity index is 1.08. The fraction of sp³-hybridized carbons (Fsp3) is 0.517. The standard InChI is InChI=1S/C29H36FN5O3/c1-17-31-25-14-18(9-11-27(25)38-17)28-21-13-19(8-10-24(21)33-34-28)29(36)32-20-5-4-12-35(15-20)16-22-23(30)6-3-7-26(22)37-2/h3,6-7,9,11,14,19-21,24,28,33-34H,4-5,8,10,12-13,15-16H2,1-2H3,(H,32,36)/t19?,20-,21?,24?,28?/m1/s1. The number of halogens is 1. The molecule has 38 heavy (non-hydrogen) atoms. The molecule has 3 N–H and O–H groups in total. The molecule has 9 heteroatoms. The van der Waals surface area contributed by atoms with E-state index in [4.69, 9.17) is 9.15 Å². The van der Waals surface area contributed by atoms with Crippen LogP contribution < -0.4 is 20.9 Å². The summed E-state index contributed by atoms with van der Waals surface area (Å²) in [6.07, 6.45) is 4.58. The van der Waals surface area contributed by atoms with Crippen molar-refractivity contribution in [2.45, 2.75) is 63.7 Å². The van der Waals surface area contributed by atoms with Crippen molar-refractivity contribution in [2.75, 3.05) is 20.2 Å². The van der Waals surface area contributed by atoms with Crippen LogP contribution in [0.1, 0.15) is 55.2 Å². The largest absolute Gasteiger partial charge is 0.496 e. The van der Waals surface area contributed by atoms with Gasteiger partial charge in [-0.25, -0.2) is 14.8 Å². The highest BCUT2D eigenvalue weighted by molar-refractivity contribution is 5.79. The Kier molecular flexibility index (Phi) is 7.07. The Morgan fingerprint density at radius 2 is 2.13 bits per heavy atom. The van der Waals surface area contributed by atoms with Crippen molar-refractivity contribution in [3.63, 3.8) is 0 Å². The topological polar surface area (TPSA) is 91.7 Å². The van der Waals surface area contributed by atoms with Crippen LogP contribution >= 0.6 is 0 Å². The van der Waals surface area contributed by atoms with Gasteiger partial charge in [0.05, 0.1) is 13.2 Å². The Bertz CT molecular complexity index is 1310. The van der Waals surface area contributed by atoms with Crippen molar-refractivity contribution in [3.8, 4) is 5.75 Å². The molecule has 6 rings (SSSR count). The number of piperidine rings is 1. The van der Waals surface area contributed by atoms with E-state index in [2.05, 4.69) is 38.2 Å². The number of nitrogens with zero attached hydrogens (tertiary/aromatic N) is 2. The van der Waals surface area contributed by atoms with Crippen molar-refractivity contribution in [1.29, 1.82) is 0 Å². The van der Waals surface area contributed by atoms with Gasteiger partial charge in [0.15, 0.2) is 11.5 Å². The van der Waals surface area contributed by atoms with Gasteiger partial charge in [-0.3, -0.25) is 15.1 Å². The summed E-state index contributed by atoms with van der Waals surface area (Å²) in [4.78, 5) is 20.1. The molecule has 3 aliphatic rings. The highest BCUT2D eigenvalue weighted by Gasteiger charge is 2.43. The zero-order valence-electron chi connectivity index (χ0n) is 22.0. The molecular formula is C29H36FN5O3. The van der Waals surface area contributed by atoms with E-state index in [1.807, 2.05) is 13.0 Å². The molecular weight excluding hydrogens is 485 g/mol. The molecule has 4 unspecified atom stereocenters. The summed E-state index contributed by atoms with van der Waals surface area (Å²) >= 11 is 0. The maximum atomic E-state index is 14.5. The van der Waals surface area contributed by atoms with Crippen molar-refractivity contribution in [2.24, 2.45) is 11.8 Å². The number of fused-ring (bicyclic) bond motifs is 2. The number of benzene rings is 2. The van der Waals surface area contributed by atoms with Gasteiger partial charge in [0.2, 0.25) is 5.91 Å². The predicted molar refractivity (Wildman–Crippen MR) is 142 cm³/mol. The molecule has 1 amide bonds. The fourth-order valence-electron chi connectivity index (χ4n) is 6.62. The number of hydrogen-bond donors (Lipinski definition) is 3. The third-order valence-electron chi connectivity index (χ3n) is 8.53. The summed E-state index contributed by atoms with van der Waals surface area (Å²) in [6, 6.07) is 11.7. The van der Waals surface area contributed by atoms with Crippen LogP contribution in [0, 0.1) is 24.6 Å². The molecule has 1 aromatic heterocycles. The molecule has 2 aromatic carbocycles. The van der Waals surface area contributed by atoms with Crippen molar-refractivity contribution in [3.05, 3.63) is 59.2 Å². The predicted octanol–water partition coefficient (Wildman–Crippen LogP) is 4.00. The Labute approximate surface area is 222 Å². The first-order chi connectivity index (χ1) is 18.5. The Morgan fingerprint density at radius 3 is 3.00 bits per heavy atom. The molecule has 3 heterocycles. The number of hydrogen-bond acceptors (Lipinski definition) is 7. The average molecular weight is 522 g/mol. The number of hydrazine groups is 1. The molecule has 8 nitrogen and oxygen atoms in total. The summed E-state index contributed by atoms with van der Waals surface area (Å²) in [5.74, 6) is 1.43. The maximum Gasteiger partial charge on any atom is 0.223 e. The van der Waals surface area contributed by atoms with Crippen LogP contribution in [0.5, 0.6) is 5.75 Å². The zero-order chi connectivity index (χ0) is 26.2. The van der Waals surface area contributed by atoms with Crippen LogP contribution in [0.2, 0.25) is 0 Å².